The van der Waals surface area contributed by atoms with Crippen molar-refractivity contribution in [2.75, 3.05) is 19.1 Å². The predicted molar refractivity (Wildman–Crippen MR) is 49.7 cm³/mol. The molecule has 0 N–H and O–H groups in total. The van der Waals surface area contributed by atoms with E-state index in [1.807, 2.05) is 12.5 Å². The van der Waals surface area contributed by atoms with Crippen LogP contribution in [0.4, 0.5) is 13.2 Å². The van der Waals surface area contributed by atoms with E-state index in [1.165, 1.54) is 0 Å². The van der Waals surface area contributed by atoms with Crippen LogP contribution in [0.3, 0.4) is 0 Å². The summed E-state index contributed by atoms with van der Waals surface area (Å²) < 4.78 is 41.5. The molecule has 1 heterocycles. The molecule has 0 aromatic rings. The van der Waals surface area contributed by atoms with Gasteiger partial charge in [-0.15, -0.1) is 0 Å². The van der Waals surface area contributed by atoms with Gasteiger partial charge in [-0.25, -0.2) is 0 Å². The number of thiol groups is 1. The first kappa shape index (κ1) is 11.2. The van der Waals surface area contributed by atoms with Crippen molar-refractivity contribution in [3.05, 3.63) is 0 Å². The third kappa shape index (κ3) is 3.06. The van der Waals surface area contributed by atoms with E-state index >= 15 is 0 Å². The average molecular weight is 216 g/mol. The van der Waals surface area contributed by atoms with Crippen LogP contribution >= 0.6 is 10.9 Å². The third-order valence-electron chi connectivity index (χ3n) is 2.35. The van der Waals surface area contributed by atoms with Gasteiger partial charge in [-0.2, -0.15) is 13.2 Å². The Morgan fingerprint density at radius 2 is 1.92 bits per heavy atom. The Hall–Kier alpha value is 0.100. The first-order valence-electron chi connectivity index (χ1n) is 4.26. The maximum atomic E-state index is 12.3. The highest BCUT2D eigenvalue weighted by Gasteiger charge is 2.43. The van der Waals surface area contributed by atoms with Gasteiger partial charge in [0.15, 0.2) is 6.10 Å². The first-order valence-corrected chi connectivity index (χ1v) is 6.56. The molecule has 1 rings (SSSR count). The highest BCUT2D eigenvalue weighted by Crippen LogP contribution is 2.37. The number of hydrogen-bond donors (Lipinski definition) is 1. The first-order chi connectivity index (χ1) is 5.91. The molecular weight excluding hydrogens is 201 g/mol. The van der Waals surface area contributed by atoms with Gasteiger partial charge in [0, 0.05) is 6.61 Å². The Kier molecular flexibility index (Phi) is 3.51. The van der Waals surface area contributed by atoms with Crippen molar-refractivity contribution >= 4 is 10.9 Å². The van der Waals surface area contributed by atoms with E-state index in [4.69, 9.17) is 4.74 Å². The maximum absolute atomic E-state index is 12.3. The number of halogens is 3. The van der Waals surface area contributed by atoms with E-state index in [1.54, 1.807) is 0 Å². The smallest absolute Gasteiger partial charge is 0.369 e. The molecule has 5 heteroatoms. The molecule has 0 amide bonds. The molecular formula is C8H15F3OS. The summed E-state index contributed by atoms with van der Waals surface area (Å²) in [4.78, 5) is 0. The summed E-state index contributed by atoms with van der Waals surface area (Å²) >= 11 is 0. The molecule has 2 atom stereocenters. The van der Waals surface area contributed by atoms with Crippen LogP contribution in [0.25, 0.3) is 0 Å². The van der Waals surface area contributed by atoms with Crippen molar-refractivity contribution in [2.45, 2.75) is 30.4 Å². The molecule has 1 fully saturated rings. The standard InChI is InChI=1S/C8H15F3OS/c1-13(2)6-3-4-12-7(5-6)8(9,10)11/h6-7,13H,3-5H2,1-2H3. The molecule has 80 valence electrons. The van der Waals surface area contributed by atoms with Gasteiger partial charge in [0.05, 0.1) is 0 Å². The summed E-state index contributed by atoms with van der Waals surface area (Å²) in [5.41, 5.74) is 0. The van der Waals surface area contributed by atoms with Crippen molar-refractivity contribution in [1.29, 1.82) is 0 Å². The maximum Gasteiger partial charge on any atom is 0.414 e. The van der Waals surface area contributed by atoms with E-state index in [2.05, 4.69) is 0 Å². The molecule has 0 radical (unpaired) electrons. The third-order valence-corrected chi connectivity index (χ3v) is 4.28. The molecule has 0 aromatic heterocycles. The fourth-order valence-electron chi connectivity index (χ4n) is 1.48. The number of ether oxygens (including phenoxy) is 1. The van der Waals surface area contributed by atoms with Crippen LogP contribution in [-0.2, 0) is 4.74 Å². The number of hydrogen-bond acceptors (Lipinski definition) is 1. The molecule has 0 saturated carbocycles. The van der Waals surface area contributed by atoms with Crippen molar-refractivity contribution in [3.63, 3.8) is 0 Å². The van der Waals surface area contributed by atoms with Gasteiger partial charge in [0.1, 0.15) is 0 Å². The van der Waals surface area contributed by atoms with Crippen LogP contribution in [-0.4, -0.2) is 36.6 Å². The zero-order valence-electron chi connectivity index (χ0n) is 7.77. The lowest BCUT2D eigenvalue weighted by Gasteiger charge is -2.34. The minimum atomic E-state index is -4.18. The summed E-state index contributed by atoms with van der Waals surface area (Å²) in [5.74, 6) is 0. The topological polar surface area (TPSA) is 9.23 Å². The molecule has 1 aliphatic heterocycles. The molecule has 1 saturated heterocycles. The fourth-order valence-corrected chi connectivity index (χ4v) is 2.71. The number of alkyl halides is 3. The van der Waals surface area contributed by atoms with Crippen LogP contribution in [0.2, 0.25) is 0 Å². The molecule has 2 unspecified atom stereocenters. The van der Waals surface area contributed by atoms with Crippen molar-refractivity contribution in [1.82, 2.24) is 0 Å². The SMILES string of the molecule is C[SH](C)C1CCOC(C(F)(F)F)C1. The Balaban J connectivity index is 2.52. The second-order valence-electron chi connectivity index (χ2n) is 3.54. The summed E-state index contributed by atoms with van der Waals surface area (Å²) in [6.07, 6.45) is -0.703. The van der Waals surface area contributed by atoms with E-state index < -0.39 is 12.3 Å². The van der Waals surface area contributed by atoms with Crippen molar-refractivity contribution in [3.8, 4) is 0 Å². The molecule has 0 spiro atoms. The Morgan fingerprint density at radius 3 is 2.38 bits per heavy atom. The summed E-state index contributed by atoms with van der Waals surface area (Å²) in [6, 6.07) is 0. The van der Waals surface area contributed by atoms with Crippen molar-refractivity contribution < 1.29 is 17.9 Å². The van der Waals surface area contributed by atoms with E-state index in [9.17, 15) is 13.2 Å². The lowest BCUT2D eigenvalue weighted by molar-refractivity contribution is -0.229. The number of rotatable bonds is 1. The molecule has 13 heavy (non-hydrogen) atoms. The second kappa shape index (κ2) is 4.09. The quantitative estimate of drug-likeness (QED) is 0.662. The van der Waals surface area contributed by atoms with Gasteiger partial charge in [0.2, 0.25) is 0 Å². The molecule has 0 bridgehead atoms. The summed E-state index contributed by atoms with van der Waals surface area (Å²) in [7, 11) is -0.272. The zero-order chi connectivity index (χ0) is 10.1. The highest BCUT2D eigenvalue weighted by atomic mass is 32.2. The largest absolute Gasteiger partial charge is 0.414 e. The lowest BCUT2D eigenvalue weighted by atomic mass is 10.1. The monoisotopic (exact) mass is 216 g/mol. The minimum absolute atomic E-state index is 0.155. The van der Waals surface area contributed by atoms with Gasteiger partial charge in [0.25, 0.3) is 0 Å². The molecule has 1 aliphatic rings. The van der Waals surface area contributed by atoms with Crippen LogP contribution in [0.5, 0.6) is 0 Å². The van der Waals surface area contributed by atoms with Gasteiger partial charge < -0.3 is 4.74 Å². The summed E-state index contributed by atoms with van der Waals surface area (Å²) in [6.45, 7) is 0.259. The Bertz CT molecular complexity index is 169. The van der Waals surface area contributed by atoms with E-state index in [0.717, 1.165) is 6.42 Å². The molecule has 0 aliphatic carbocycles. The van der Waals surface area contributed by atoms with E-state index in [-0.39, 0.29) is 29.2 Å². The van der Waals surface area contributed by atoms with Crippen LogP contribution in [0, 0.1) is 0 Å². The Labute approximate surface area is 79.0 Å². The minimum Gasteiger partial charge on any atom is -0.369 e. The molecule has 0 aromatic carbocycles. The van der Waals surface area contributed by atoms with E-state index in [0.29, 0.717) is 0 Å². The predicted octanol–water partition coefficient (Wildman–Crippen LogP) is 2.36. The normalized spacial score (nSPS) is 31.6. The average Bonchev–Trinajstić information content (AvgIpc) is 2.03. The van der Waals surface area contributed by atoms with Crippen molar-refractivity contribution in [2.24, 2.45) is 0 Å². The Morgan fingerprint density at radius 1 is 1.31 bits per heavy atom. The van der Waals surface area contributed by atoms with Gasteiger partial charge in [-0.1, -0.05) is 0 Å². The van der Waals surface area contributed by atoms with Gasteiger partial charge in [-0.05, 0) is 30.6 Å². The van der Waals surface area contributed by atoms with Crippen LogP contribution < -0.4 is 0 Å². The van der Waals surface area contributed by atoms with Crippen LogP contribution in [0.1, 0.15) is 12.8 Å². The van der Waals surface area contributed by atoms with Gasteiger partial charge >= 0.3 is 6.18 Å². The lowest BCUT2D eigenvalue weighted by Crippen LogP contribution is -2.39. The van der Waals surface area contributed by atoms with Crippen LogP contribution in [0.15, 0.2) is 0 Å². The van der Waals surface area contributed by atoms with Gasteiger partial charge in [-0.3, -0.25) is 10.9 Å². The summed E-state index contributed by atoms with van der Waals surface area (Å²) in [5, 5.41) is 0.218. The fraction of sp³-hybridized carbons (Fsp3) is 1.00. The molecule has 1 nitrogen and oxygen atoms in total. The highest BCUT2D eigenvalue weighted by molar-refractivity contribution is 8.16. The zero-order valence-corrected chi connectivity index (χ0v) is 8.66. The second-order valence-corrected chi connectivity index (χ2v) is 6.20.